The Morgan fingerprint density at radius 3 is 2.39 bits per heavy atom. The molecule has 0 radical (unpaired) electrons. The van der Waals surface area contributed by atoms with Crippen molar-refractivity contribution in [3.05, 3.63) is 35.9 Å². The number of hydrogen-bond donors (Lipinski definition) is 3. The molecule has 0 saturated heterocycles. The first-order valence-electron chi connectivity index (χ1n) is 9.50. The molecule has 28 heavy (non-hydrogen) atoms. The molecule has 160 valence electrons. The molecule has 3 N–H and O–H groups in total. The van der Waals surface area contributed by atoms with Gasteiger partial charge in [0.1, 0.15) is 5.60 Å². The number of aliphatic imine (C=N–C) groups is 1. The van der Waals surface area contributed by atoms with E-state index in [9.17, 15) is 4.79 Å². The van der Waals surface area contributed by atoms with Gasteiger partial charge in [-0.1, -0.05) is 30.3 Å². The number of hydrogen-bond acceptors (Lipinski definition) is 4. The maximum atomic E-state index is 12.2. The quantitative estimate of drug-likeness (QED) is 0.207. The Bertz CT molecular complexity index is 577. The van der Waals surface area contributed by atoms with Crippen LogP contribution in [-0.4, -0.2) is 50.5 Å². The van der Waals surface area contributed by atoms with E-state index in [-0.39, 0.29) is 30.0 Å². The second kappa shape index (κ2) is 14.4. The zero-order valence-electron chi connectivity index (χ0n) is 17.6. The molecule has 0 aromatic heterocycles. The van der Waals surface area contributed by atoms with Gasteiger partial charge in [-0.25, -0.2) is 4.79 Å². The fraction of sp³-hybridized carbons (Fsp3) is 0.600. The number of ether oxygens (including phenoxy) is 2. The molecule has 1 unspecified atom stereocenters. The molecule has 0 aliphatic carbocycles. The Kier molecular flexibility index (Phi) is 13.6. The van der Waals surface area contributed by atoms with Gasteiger partial charge in [-0.05, 0) is 40.2 Å². The third kappa shape index (κ3) is 12.0. The molecule has 0 aliphatic rings. The topological polar surface area (TPSA) is 84.0 Å². The fourth-order valence-corrected chi connectivity index (χ4v) is 2.28. The molecule has 0 fully saturated rings. The summed E-state index contributed by atoms with van der Waals surface area (Å²) >= 11 is 0. The lowest BCUT2D eigenvalue weighted by Gasteiger charge is -2.23. The molecular weight excluding hydrogens is 471 g/mol. The van der Waals surface area contributed by atoms with Crippen molar-refractivity contribution >= 4 is 36.0 Å². The van der Waals surface area contributed by atoms with Gasteiger partial charge in [0.25, 0.3) is 0 Å². The average Bonchev–Trinajstić information content (AvgIpc) is 2.61. The first kappa shape index (κ1) is 26.4. The van der Waals surface area contributed by atoms with Crippen molar-refractivity contribution in [1.29, 1.82) is 0 Å². The van der Waals surface area contributed by atoms with Gasteiger partial charge in [-0.2, -0.15) is 0 Å². The maximum absolute atomic E-state index is 12.2. The lowest BCUT2D eigenvalue weighted by Crippen LogP contribution is -2.40. The van der Waals surface area contributed by atoms with E-state index in [1.807, 2.05) is 65.0 Å². The molecule has 1 atom stereocenters. The van der Waals surface area contributed by atoms with Crippen LogP contribution in [-0.2, 0) is 9.47 Å². The molecule has 0 heterocycles. The van der Waals surface area contributed by atoms with Gasteiger partial charge in [-0.3, -0.25) is 4.99 Å². The van der Waals surface area contributed by atoms with E-state index in [4.69, 9.17) is 9.47 Å². The molecule has 8 heteroatoms. The van der Waals surface area contributed by atoms with Crippen molar-refractivity contribution in [1.82, 2.24) is 16.0 Å². The summed E-state index contributed by atoms with van der Waals surface area (Å²) in [5.74, 6) is 0.684. The Morgan fingerprint density at radius 1 is 1.14 bits per heavy atom. The monoisotopic (exact) mass is 506 g/mol. The van der Waals surface area contributed by atoms with Crippen LogP contribution < -0.4 is 16.0 Å². The van der Waals surface area contributed by atoms with E-state index >= 15 is 0 Å². The van der Waals surface area contributed by atoms with Crippen molar-refractivity contribution in [2.45, 2.75) is 46.3 Å². The lowest BCUT2D eigenvalue weighted by molar-refractivity contribution is 0.0505. The lowest BCUT2D eigenvalue weighted by atomic mass is 10.1. The highest BCUT2D eigenvalue weighted by Gasteiger charge is 2.20. The van der Waals surface area contributed by atoms with Crippen LogP contribution in [0.25, 0.3) is 0 Å². The maximum Gasteiger partial charge on any atom is 0.408 e. The number of alkyl carbamates (subject to hydrolysis) is 1. The predicted molar refractivity (Wildman–Crippen MR) is 124 cm³/mol. The SMILES string of the molecule is CCNC(=NCC(NC(=O)OC(C)(C)C)c1ccccc1)NCCOCC.I. The number of nitrogens with zero attached hydrogens (tertiary/aromatic N) is 1. The number of benzene rings is 1. The van der Waals surface area contributed by atoms with Crippen molar-refractivity contribution < 1.29 is 14.3 Å². The number of carbonyl (C=O) groups excluding carboxylic acids is 1. The van der Waals surface area contributed by atoms with E-state index in [1.54, 1.807) is 0 Å². The summed E-state index contributed by atoms with van der Waals surface area (Å²) in [4.78, 5) is 16.8. The van der Waals surface area contributed by atoms with Gasteiger partial charge < -0.3 is 25.4 Å². The van der Waals surface area contributed by atoms with E-state index in [1.165, 1.54) is 0 Å². The second-order valence-electron chi connectivity index (χ2n) is 6.95. The van der Waals surface area contributed by atoms with Crippen molar-refractivity contribution in [3.8, 4) is 0 Å². The number of amides is 1. The van der Waals surface area contributed by atoms with E-state index in [0.717, 1.165) is 12.1 Å². The smallest absolute Gasteiger partial charge is 0.408 e. The van der Waals surface area contributed by atoms with Crippen LogP contribution in [0.5, 0.6) is 0 Å². The average molecular weight is 506 g/mol. The van der Waals surface area contributed by atoms with Crippen molar-refractivity contribution in [2.75, 3.05) is 32.8 Å². The molecule has 0 spiro atoms. The summed E-state index contributed by atoms with van der Waals surface area (Å²) < 4.78 is 10.7. The molecule has 1 aromatic carbocycles. The van der Waals surface area contributed by atoms with Gasteiger partial charge >= 0.3 is 6.09 Å². The summed E-state index contributed by atoms with van der Waals surface area (Å²) in [6, 6.07) is 9.46. The molecule has 0 bridgehead atoms. The predicted octanol–water partition coefficient (Wildman–Crippen LogP) is 3.46. The minimum Gasteiger partial charge on any atom is -0.444 e. The zero-order chi connectivity index (χ0) is 20.1. The first-order chi connectivity index (χ1) is 12.9. The Labute approximate surface area is 186 Å². The van der Waals surface area contributed by atoms with Crippen LogP contribution in [0.4, 0.5) is 4.79 Å². The Balaban J connectivity index is 0.00000729. The van der Waals surface area contributed by atoms with E-state index < -0.39 is 11.7 Å². The minimum atomic E-state index is -0.551. The van der Waals surface area contributed by atoms with Crippen LogP contribution >= 0.6 is 24.0 Å². The van der Waals surface area contributed by atoms with Gasteiger partial charge in [-0.15, -0.1) is 24.0 Å². The zero-order valence-corrected chi connectivity index (χ0v) is 19.9. The summed E-state index contributed by atoms with van der Waals surface area (Å²) in [6.07, 6.45) is -0.458. The van der Waals surface area contributed by atoms with Crippen LogP contribution in [0.3, 0.4) is 0 Å². The highest BCUT2D eigenvalue weighted by Crippen LogP contribution is 2.15. The van der Waals surface area contributed by atoms with Gasteiger partial charge in [0.05, 0.1) is 19.2 Å². The van der Waals surface area contributed by atoms with E-state index in [2.05, 4.69) is 20.9 Å². The standard InChI is InChI=1S/C20H34N4O3.HI/c1-6-21-18(22-13-14-26-7-2)23-15-17(16-11-9-8-10-12-16)24-19(25)27-20(3,4)5;/h8-12,17H,6-7,13-15H2,1-5H3,(H,24,25)(H2,21,22,23);1H. The third-order valence-electron chi connectivity index (χ3n) is 3.41. The molecule has 1 amide bonds. The summed E-state index contributed by atoms with van der Waals surface area (Å²) in [7, 11) is 0. The number of rotatable bonds is 9. The summed E-state index contributed by atoms with van der Waals surface area (Å²) in [5, 5.41) is 9.34. The Morgan fingerprint density at radius 2 is 1.82 bits per heavy atom. The van der Waals surface area contributed by atoms with Gasteiger partial charge in [0.2, 0.25) is 0 Å². The molecule has 0 aliphatic heterocycles. The normalized spacial score (nSPS) is 12.5. The molecule has 7 nitrogen and oxygen atoms in total. The second-order valence-corrected chi connectivity index (χ2v) is 6.95. The number of carbonyl (C=O) groups is 1. The minimum absolute atomic E-state index is 0. The van der Waals surface area contributed by atoms with Gasteiger partial charge in [0, 0.05) is 19.7 Å². The molecule has 1 aromatic rings. The van der Waals surface area contributed by atoms with Crippen LogP contribution in [0.1, 0.15) is 46.2 Å². The fourth-order valence-electron chi connectivity index (χ4n) is 2.28. The highest BCUT2D eigenvalue weighted by atomic mass is 127. The summed E-state index contributed by atoms with van der Waals surface area (Å²) in [6.45, 7) is 12.6. The number of guanidine groups is 1. The van der Waals surface area contributed by atoms with Crippen LogP contribution in [0.2, 0.25) is 0 Å². The number of nitrogens with one attached hydrogen (secondary N) is 3. The third-order valence-corrected chi connectivity index (χ3v) is 3.41. The van der Waals surface area contributed by atoms with Gasteiger partial charge in [0.15, 0.2) is 5.96 Å². The first-order valence-corrected chi connectivity index (χ1v) is 9.50. The number of halogens is 1. The van der Waals surface area contributed by atoms with Crippen LogP contribution in [0, 0.1) is 0 Å². The Hall–Kier alpha value is -1.55. The molecule has 0 saturated carbocycles. The molecular formula is C20H35IN4O3. The molecule has 1 rings (SSSR count). The van der Waals surface area contributed by atoms with Crippen molar-refractivity contribution in [3.63, 3.8) is 0 Å². The largest absolute Gasteiger partial charge is 0.444 e. The highest BCUT2D eigenvalue weighted by molar-refractivity contribution is 14.0. The van der Waals surface area contributed by atoms with Crippen molar-refractivity contribution in [2.24, 2.45) is 4.99 Å². The summed E-state index contributed by atoms with van der Waals surface area (Å²) in [5.41, 5.74) is 0.418. The van der Waals surface area contributed by atoms with E-state index in [0.29, 0.717) is 32.3 Å². The van der Waals surface area contributed by atoms with Crippen LogP contribution in [0.15, 0.2) is 35.3 Å².